The summed E-state index contributed by atoms with van der Waals surface area (Å²) in [7, 11) is 0. The highest BCUT2D eigenvalue weighted by Gasteiger charge is 2.41. The van der Waals surface area contributed by atoms with Gasteiger partial charge in [-0.3, -0.25) is 9.59 Å². The number of allylic oxidation sites excluding steroid dienone is 2. The van der Waals surface area contributed by atoms with Crippen LogP contribution in [0.4, 0.5) is 18.9 Å². The van der Waals surface area contributed by atoms with E-state index >= 15 is 0 Å². The number of nitrogens with one attached hydrogen (secondary N) is 1. The molecule has 1 amide bonds. The van der Waals surface area contributed by atoms with Gasteiger partial charge in [-0.15, -0.1) is 0 Å². The Morgan fingerprint density at radius 3 is 2.54 bits per heavy atom. The van der Waals surface area contributed by atoms with Gasteiger partial charge >= 0.3 is 12.1 Å². The predicted octanol–water partition coefficient (Wildman–Crippen LogP) is 3.40. The smallest absolute Gasteiger partial charge is 0.418 e. The van der Waals surface area contributed by atoms with E-state index in [2.05, 4.69) is 11.4 Å². The Morgan fingerprint density at radius 2 is 1.92 bits per heavy atom. The van der Waals surface area contributed by atoms with Crippen molar-refractivity contribution in [2.24, 2.45) is 17.8 Å². The van der Waals surface area contributed by atoms with Crippen LogP contribution in [0.3, 0.4) is 0 Å². The van der Waals surface area contributed by atoms with Gasteiger partial charge in [0.25, 0.3) is 5.91 Å². The molecule has 2 aliphatic rings. The number of carbonyl (C=O) groups excluding carboxylic acids is 2. The summed E-state index contributed by atoms with van der Waals surface area (Å²) in [6.45, 7) is -0.595. The van der Waals surface area contributed by atoms with Crippen molar-refractivity contribution in [1.82, 2.24) is 0 Å². The van der Waals surface area contributed by atoms with E-state index in [9.17, 15) is 22.8 Å². The van der Waals surface area contributed by atoms with Crippen LogP contribution in [0.2, 0.25) is 0 Å². The number of ether oxygens (including phenoxy) is 1. The molecule has 0 aromatic heterocycles. The Balaban J connectivity index is 1.55. The summed E-state index contributed by atoms with van der Waals surface area (Å²) >= 11 is 0. The van der Waals surface area contributed by atoms with Gasteiger partial charge in [-0.05, 0) is 36.8 Å². The molecule has 1 aromatic rings. The lowest BCUT2D eigenvalue weighted by molar-refractivity contribution is -0.152. The fourth-order valence-electron chi connectivity index (χ4n) is 3.32. The average molecular weight is 339 g/mol. The van der Waals surface area contributed by atoms with Crippen LogP contribution < -0.4 is 5.32 Å². The molecule has 1 N–H and O–H groups in total. The molecule has 0 unspecified atom stereocenters. The van der Waals surface area contributed by atoms with Gasteiger partial charge in [-0.1, -0.05) is 24.3 Å². The van der Waals surface area contributed by atoms with Crippen molar-refractivity contribution in [3.63, 3.8) is 0 Å². The molecule has 2 bridgehead atoms. The minimum absolute atomic E-state index is 0.150. The van der Waals surface area contributed by atoms with Crippen LogP contribution in [0.15, 0.2) is 36.4 Å². The fourth-order valence-corrected chi connectivity index (χ4v) is 3.32. The van der Waals surface area contributed by atoms with E-state index in [0.717, 1.165) is 18.6 Å². The number of hydrogen-bond donors (Lipinski definition) is 1. The van der Waals surface area contributed by atoms with E-state index in [1.165, 1.54) is 12.1 Å². The number of hydrogen-bond acceptors (Lipinski definition) is 3. The van der Waals surface area contributed by atoms with Crippen molar-refractivity contribution >= 4 is 17.6 Å². The van der Waals surface area contributed by atoms with Gasteiger partial charge < -0.3 is 10.1 Å². The quantitative estimate of drug-likeness (QED) is 0.676. The van der Waals surface area contributed by atoms with Crippen LogP contribution in [-0.4, -0.2) is 18.5 Å². The topological polar surface area (TPSA) is 55.4 Å². The summed E-state index contributed by atoms with van der Waals surface area (Å²) < 4.78 is 43.6. The first-order valence-electron chi connectivity index (χ1n) is 7.65. The van der Waals surface area contributed by atoms with E-state index in [4.69, 9.17) is 4.74 Å². The zero-order chi connectivity index (χ0) is 17.3. The third-order valence-electron chi connectivity index (χ3n) is 4.43. The Labute approximate surface area is 136 Å². The summed E-state index contributed by atoms with van der Waals surface area (Å²) in [6.07, 6.45) is 1.12. The lowest BCUT2D eigenvalue weighted by Crippen LogP contribution is -2.27. The predicted molar refractivity (Wildman–Crippen MR) is 79.9 cm³/mol. The number of alkyl halides is 3. The lowest BCUT2D eigenvalue weighted by atomic mass is 9.94. The molecule has 24 heavy (non-hydrogen) atoms. The normalized spacial score (nSPS) is 24.9. The Morgan fingerprint density at radius 1 is 1.17 bits per heavy atom. The summed E-state index contributed by atoms with van der Waals surface area (Å²) in [6, 6.07) is 4.66. The largest absolute Gasteiger partial charge is 0.455 e. The minimum Gasteiger partial charge on any atom is -0.455 e. The number of carbonyl (C=O) groups is 2. The molecular weight excluding hydrogens is 323 g/mol. The molecule has 3 atom stereocenters. The van der Waals surface area contributed by atoms with Crippen molar-refractivity contribution < 1.29 is 27.5 Å². The third-order valence-corrected chi connectivity index (χ3v) is 4.43. The molecule has 0 aliphatic heterocycles. The molecule has 2 aliphatic carbocycles. The molecule has 0 saturated heterocycles. The molecule has 4 nitrogen and oxygen atoms in total. The zero-order valence-corrected chi connectivity index (χ0v) is 12.7. The maximum Gasteiger partial charge on any atom is 0.418 e. The van der Waals surface area contributed by atoms with Gasteiger partial charge in [-0.2, -0.15) is 13.2 Å². The molecule has 1 fully saturated rings. The number of para-hydroxylation sites is 1. The van der Waals surface area contributed by atoms with Crippen LogP contribution >= 0.6 is 0 Å². The Kier molecular flexibility index (Phi) is 4.34. The fraction of sp³-hybridized carbons (Fsp3) is 0.412. The Hall–Kier alpha value is -2.31. The second-order valence-corrected chi connectivity index (χ2v) is 6.09. The van der Waals surface area contributed by atoms with Crippen molar-refractivity contribution in [2.75, 3.05) is 11.9 Å². The van der Waals surface area contributed by atoms with E-state index in [1.807, 2.05) is 6.08 Å². The first-order chi connectivity index (χ1) is 11.3. The average Bonchev–Trinajstić information content (AvgIpc) is 3.15. The third kappa shape index (κ3) is 3.44. The van der Waals surface area contributed by atoms with Crippen LogP contribution in [-0.2, 0) is 20.5 Å². The number of esters is 1. The number of rotatable bonds is 4. The van der Waals surface area contributed by atoms with E-state index < -0.39 is 30.2 Å². The van der Waals surface area contributed by atoms with Crippen LogP contribution in [0.1, 0.15) is 18.4 Å². The maximum absolute atomic E-state index is 12.9. The van der Waals surface area contributed by atoms with Gasteiger partial charge in [-0.25, -0.2) is 0 Å². The van der Waals surface area contributed by atoms with Crippen molar-refractivity contribution in [2.45, 2.75) is 19.0 Å². The highest BCUT2D eigenvalue weighted by atomic mass is 19.4. The number of amides is 1. The highest BCUT2D eigenvalue weighted by Crippen LogP contribution is 2.43. The number of anilines is 1. The van der Waals surface area contributed by atoms with Gasteiger partial charge in [0.15, 0.2) is 6.61 Å². The van der Waals surface area contributed by atoms with Crippen LogP contribution in [0, 0.1) is 17.8 Å². The van der Waals surface area contributed by atoms with Crippen molar-refractivity contribution in [3.8, 4) is 0 Å². The molecular formula is C17H16F3NO3. The lowest BCUT2D eigenvalue weighted by Gasteiger charge is -2.17. The van der Waals surface area contributed by atoms with Gasteiger partial charge in [0.2, 0.25) is 0 Å². The first kappa shape index (κ1) is 16.5. The molecule has 1 saturated carbocycles. The van der Waals surface area contributed by atoms with Gasteiger partial charge in [0.1, 0.15) is 0 Å². The van der Waals surface area contributed by atoms with E-state index in [-0.39, 0.29) is 17.5 Å². The Bertz CT molecular complexity index is 684. The molecule has 0 heterocycles. The van der Waals surface area contributed by atoms with E-state index in [0.29, 0.717) is 12.3 Å². The minimum atomic E-state index is -4.57. The van der Waals surface area contributed by atoms with Crippen LogP contribution in [0.5, 0.6) is 0 Å². The molecule has 3 rings (SSSR count). The SMILES string of the molecule is O=C(COC(=O)[C@@H]1C[C@H]2C=C[C@H]1C2)Nc1ccccc1C(F)(F)F. The second kappa shape index (κ2) is 6.30. The number of fused-ring (bicyclic) bond motifs is 2. The van der Waals surface area contributed by atoms with Gasteiger partial charge in [0, 0.05) is 0 Å². The summed E-state index contributed by atoms with van der Waals surface area (Å²) in [5.41, 5.74) is -1.29. The summed E-state index contributed by atoms with van der Waals surface area (Å²) in [5.74, 6) is -0.975. The highest BCUT2D eigenvalue weighted by molar-refractivity contribution is 5.93. The zero-order valence-electron chi connectivity index (χ0n) is 12.7. The number of benzene rings is 1. The summed E-state index contributed by atoms with van der Waals surface area (Å²) in [5, 5.41) is 2.15. The second-order valence-electron chi connectivity index (χ2n) is 6.09. The van der Waals surface area contributed by atoms with Crippen LogP contribution in [0.25, 0.3) is 0 Å². The molecule has 0 spiro atoms. The van der Waals surface area contributed by atoms with Gasteiger partial charge in [0.05, 0.1) is 17.2 Å². The monoisotopic (exact) mass is 339 g/mol. The standard InChI is InChI=1S/C17H16F3NO3/c18-17(19,20)13-3-1-2-4-14(13)21-15(22)9-24-16(23)12-8-10-5-6-11(12)7-10/h1-6,10-12H,7-9H2,(H,21,22)/t10-,11-,12+/m0/s1. The molecule has 128 valence electrons. The molecule has 7 heteroatoms. The number of halogens is 3. The van der Waals surface area contributed by atoms with Crippen molar-refractivity contribution in [3.05, 3.63) is 42.0 Å². The van der Waals surface area contributed by atoms with Crippen molar-refractivity contribution in [1.29, 1.82) is 0 Å². The first-order valence-corrected chi connectivity index (χ1v) is 7.65. The van der Waals surface area contributed by atoms with E-state index in [1.54, 1.807) is 0 Å². The maximum atomic E-state index is 12.9. The summed E-state index contributed by atoms with van der Waals surface area (Å²) in [4.78, 5) is 23.8. The molecule has 1 aromatic carbocycles. The molecule has 0 radical (unpaired) electrons.